The Morgan fingerprint density at radius 3 is 2.69 bits per heavy atom. The highest BCUT2D eigenvalue weighted by molar-refractivity contribution is 6.36. The summed E-state index contributed by atoms with van der Waals surface area (Å²) in [6.07, 6.45) is 4.93. The topological polar surface area (TPSA) is 79.3 Å². The molecular formula is C26H33ClN6O2. The second-order valence-corrected chi connectivity index (χ2v) is 10.6. The van der Waals surface area contributed by atoms with Crippen LogP contribution < -0.4 is 4.90 Å². The number of nitrogens with zero attached hydrogens (tertiary/aromatic N) is 5. The van der Waals surface area contributed by atoms with Gasteiger partial charge in [0.2, 0.25) is 5.91 Å². The summed E-state index contributed by atoms with van der Waals surface area (Å²) in [4.78, 5) is 16.3. The molecule has 0 aliphatic carbocycles. The van der Waals surface area contributed by atoms with Crippen molar-refractivity contribution >= 4 is 34.2 Å². The van der Waals surface area contributed by atoms with Crippen LogP contribution in [-0.4, -0.2) is 69.2 Å². The maximum Gasteiger partial charge on any atom is 0.245 e. The largest absolute Gasteiger partial charge is 0.377 e. The fourth-order valence-electron chi connectivity index (χ4n) is 5.50. The Morgan fingerprint density at radius 2 is 2.00 bits per heavy atom. The molecule has 0 unspecified atom stereocenters. The van der Waals surface area contributed by atoms with Crippen LogP contribution in [0.5, 0.6) is 0 Å². The molecule has 0 atom stereocenters. The first-order valence-corrected chi connectivity index (χ1v) is 12.6. The SMILES string of the molecule is C=CC(=O)N1CCC(n2nc(N3CCOCC3(C)C)c(-c3c(Cl)c(C)cc4[nH]ncc34)c2C)CC1. The number of piperidine rings is 1. The minimum Gasteiger partial charge on any atom is -0.377 e. The van der Waals surface area contributed by atoms with Gasteiger partial charge in [-0.2, -0.15) is 10.2 Å². The molecule has 2 aromatic heterocycles. The number of nitrogens with one attached hydrogen (secondary N) is 1. The van der Waals surface area contributed by atoms with Crippen LogP contribution in [0.1, 0.15) is 44.0 Å². The number of carbonyl (C=O) groups is 1. The third-order valence-corrected chi connectivity index (χ3v) is 7.93. The van der Waals surface area contributed by atoms with Crippen LogP contribution >= 0.6 is 11.6 Å². The Labute approximate surface area is 210 Å². The fourth-order valence-corrected chi connectivity index (χ4v) is 5.75. The highest BCUT2D eigenvalue weighted by Gasteiger charge is 2.37. The van der Waals surface area contributed by atoms with Crippen molar-refractivity contribution in [3.05, 3.63) is 41.2 Å². The lowest BCUT2D eigenvalue weighted by Gasteiger charge is -2.43. The van der Waals surface area contributed by atoms with E-state index in [9.17, 15) is 4.79 Å². The van der Waals surface area contributed by atoms with Gasteiger partial charge in [-0.05, 0) is 58.2 Å². The monoisotopic (exact) mass is 496 g/mol. The fraction of sp³-hybridized carbons (Fsp3) is 0.500. The molecule has 1 N–H and O–H groups in total. The van der Waals surface area contributed by atoms with Crippen molar-refractivity contribution in [2.45, 2.75) is 52.1 Å². The summed E-state index contributed by atoms with van der Waals surface area (Å²) in [6, 6.07) is 2.24. The number of fused-ring (bicyclic) bond motifs is 1. The van der Waals surface area contributed by atoms with Gasteiger partial charge in [-0.15, -0.1) is 0 Å². The molecule has 35 heavy (non-hydrogen) atoms. The molecule has 1 amide bonds. The van der Waals surface area contributed by atoms with Crippen LogP contribution in [0.2, 0.25) is 5.02 Å². The molecule has 0 bridgehead atoms. The molecule has 5 rings (SSSR count). The van der Waals surface area contributed by atoms with Crippen LogP contribution in [0.15, 0.2) is 24.9 Å². The van der Waals surface area contributed by atoms with Gasteiger partial charge < -0.3 is 14.5 Å². The van der Waals surface area contributed by atoms with Crippen molar-refractivity contribution < 1.29 is 9.53 Å². The van der Waals surface area contributed by atoms with E-state index in [1.54, 1.807) is 0 Å². The molecule has 1 aromatic carbocycles. The number of hydrogen-bond acceptors (Lipinski definition) is 5. The Hall–Kier alpha value is -2.84. The van der Waals surface area contributed by atoms with Crippen LogP contribution in [0.25, 0.3) is 22.0 Å². The number of aromatic nitrogens is 4. The van der Waals surface area contributed by atoms with Crippen molar-refractivity contribution in [2.24, 2.45) is 0 Å². The molecule has 4 heterocycles. The number of hydrogen-bond donors (Lipinski definition) is 1. The van der Waals surface area contributed by atoms with Crippen LogP contribution in [-0.2, 0) is 9.53 Å². The Morgan fingerprint density at radius 1 is 1.26 bits per heavy atom. The van der Waals surface area contributed by atoms with Crippen molar-refractivity contribution in [3.8, 4) is 11.1 Å². The third kappa shape index (κ3) is 4.02. The van der Waals surface area contributed by atoms with E-state index in [0.717, 1.165) is 63.5 Å². The van der Waals surface area contributed by atoms with E-state index in [1.807, 2.05) is 24.1 Å². The minimum absolute atomic E-state index is 0.00836. The number of rotatable bonds is 4. The van der Waals surface area contributed by atoms with Gasteiger partial charge in [0.05, 0.1) is 41.5 Å². The molecule has 2 aliphatic rings. The lowest BCUT2D eigenvalue weighted by Crippen LogP contribution is -2.53. The van der Waals surface area contributed by atoms with E-state index in [0.29, 0.717) is 26.3 Å². The molecule has 0 spiro atoms. The van der Waals surface area contributed by atoms with Gasteiger partial charge >= 0.3 is 0 Å². The molecule has 186 valence electrons. The highest BCUT2D eigenvalue weighted by atomic mass is 35.5. The van der Waals surface area contributed by atoms with Crippen LogP contribution in [0.3, 0.4) is 0 Å². The molecule has 9 heteroatoms. The van der Waals surface area contributed by atoms with Gasteiger partial charge in [-0.1, -0.05) is 18.2 Å². The van der Waals surface area contributed by atoms with Gasteiger partial charge in [0.1, 0.15) is 0 Å². The van der Waals surface area contributed by atoms with Crippen LogP contribution in [0.4, 0.5) is 5.82 Å². The summed E-state index contributed by atoms with van der Waals surface area (Å²) in [5.41, 5.74) is 4.82. The number of aromatic amines is 1. The molecule has 2 aliphatic heterocycles. The number of amides is 1. The number of H-pyrrole nitrogens is 1. The summed E-state index contributed by atoms with van der Waals surface area (Å²) in [7, 11) is 0. The van der Waals surface area contributed by atoms with E-state index in [-0.39, 0.29) is 17.5 Å². The zero-order chi connectivity index (χ0) is 24.9. The summed E-state index contributed by atoms with van der Waals surface area (Å²) in [6.45, 7) is 15.6. The number of ether oxygens (including phenoxy) is 1. The Balaban J connectivity index is 1.67. The Kier molecular flexibility index (Phi) is 6.13. The van der Waals surface area contributed by atoms with Crippen LogP contribution in [0, 0.1) is 13.8 Å². The predicted octanol–water partition coefficient (Wildman–Crippen LogP) is 4.66. The van der Waals surface area contributed by atoms with Gasteiger partial charge in [-0.3, -0.25) is 14.6 Å². The lowest BCUT2D eigenvalue weighted by molar-refractivity contribution is -0.127. The van der Waals surface area contributed by atoms with Crippen molar-refractivity contribution in [3.63, 3.8) is 0 Å². The number of aryl methyl sites for hydroxylation is 1. The number of benzene rings is 1. The van der Waals surface area contributed by atoms with E-state index < -0.39 is 0 Å². The normalized spacial score (nSPS) is 18.9. The second kappa shape index (κ2) is 8.99. The quantitative estimate of drug-likeness (QED) is 0.531. The van der Waals surface area contributed by atoms with Crippen molar-refractivity contribution in [1.29, 1.82) is 0 Å². The number of anilines is 1. The molecule has 8 nitrogen and oxygen atoms in total. The first kappa shape index (κ1) is 23.9. The number of halogens is 1. The lowest BCUT2D eigenvalue weighted by atomic mass is 9.96. The van der Waals surface area contributed by atoms with E-state index in [4.69, 9.17) is 21.4 Å². The second-order valence-electron chi connectivity index (χ2n) is 10.2. The van der Waals surface area contributed by atoms with Gasteiger partial charge in [-0.25, -0.2) is 0 Å². The molecule has 2 saturated heterocycles. The van der Waals surface area contributed by atoms with E-state index >= 15 is 0 Å². The van der Waals surface area contributed by atoms with Crippen molar-refractivity contribution in [2.75, 3.05) is 37.7 Å². The number of carbonyl (C=O) groups excluding carboxylic acids is 1. The molecule has 0 radical (unpaired) electrons. The summed E-state index contributed by atoms with van der Waals surface area (Å²) in [5.74, 6) is 0.918. The van der Waals surface area contributed by atoms with Gasteiger partial charge in [0.25, 0.3) is 0 Å². The number of morpholine rings is 1. The third-order valence-electron chi connectivity index (χ3n) is 7.44. The maximum absolute atomic E-state index is 12.1. The number of likely N-dealkylation sites (tertiary alicyclic amines) is 1. The van der Waals surface area contributed by atoms with E-state index in [2.05, 4.69) is 47.1 Å². The first-order chi connectivity index (χ1) is 16.7. The first-order valence-electron chi connectivity index (χ1n) is 12.2. The molecule has 0 saturated carbocycles. The Bertz CT molecular complexity index is 1280. The standard InChI is InChI=1S/C26H33ClN6O2/c1-6-21(34)31-9-7-18(8-10-31)33-17(3)22(25(30-33)32-11-12-35-15-26(32,4)5)23-19-14-28-29-20(19)13-16(2)24(23)27/h6,13-14,18H,1,7-12,15H2,2-5H3,(H,28,29). The predicted molar refractivity (Wildman–Crippen MR) is 139 cm³/mol. The molecule has 2 fully saturated rings. The average Bonchev–Trinajstić information content (AvgIpc) is 3.43. The van der Waals surface area contributed by atoms with E-state index in [1.165, 1.54) is 6.08 Å². The van der Waals surface area contributed by atoms with Crippen molar-refractivity contribution in [1.82, 2.24) is 24.9 Å². The molecule has 3 aromatic rings. The summed E-state index contributed by atoms with van der Waals surface area (Å²) in [5, 5.41) is 14.4. The zero-order valence-corrected chi connectivity index (χ0v) is 21.7. The van der Waals surface area contributed by atoms with Gasteiger partial charge in [0.15, 0.2) is 5.82 Å². The summed E-state index contributed by atoms with van der Waals surface area (Å²) < 4.78 is 7.98. The highest BCUT2D eigenvalue weighted by Crippen LogP contribution is 2.45. The summed E-state index contributed by atoms with van der Waals surface area (Å²) >= 11 is 7.01. The van der Waals surface area contributed by atoms with Gasteiger partial charge in [0, 0.05) is 41.8 Å². The smallest absolute Gasteiger partial charge is 0.245 e. The minimum atomic E-state index is -0.218. The molecular weight excluding hydrogens is 464 g/mol. The zero-order valence-electron chi connectivity index (χ0n) is 20.9. The average molecular weight is 497 g/mol. The maximum atomic E-state index is 12.1.